The first-order chi connectivity index (χ1) is 13.0. The van der Waals surface area contributed by atoms with Crippen LogP contribution in [-0.2, 0) is 9.53 Å². The van der Waals surface area contributed by atoms with E-state index in [9.17, 15) is 9.59 Å². The Labute approximate surface area is 159 Å². The molecule has 0 aliphatic carbocycles. The van der Waals surface area contributed by atoms with Gasteiger partial charge in [-0.2, -0.15) is 0 Å². The first-order valence-electron chi connectivity index (χ1n) is 9.32. The summed E-state index contributed by atoms with van der Waals surface area (Å²) >= 11 is 0. The summed E-state index contributed by atoms with van der Waals surface area (Å²) in [5, 5.41) is 3.64. The molecule has 0 atom stereocenters. The largest absolute Gasteiger partial charge is 0.497 e. The second kappa shape index (κ2) is 8.43. The number of ether oxygens (including phenoxy) is 2. The second-order valence-corrected chi connectivity index (χ2v) is 7.10. The van der Waals surface area contributed by atoms with Crippen LogP contribution in [0.1, 0.15) is 36.7 Å². The first kappa shape index (κ1) is 19.2. The summed E-state index contributed by atoms with van der Waals surface area (Å²) in [6.45, 7) is 5.07. The minimum Gasteiger partial charge on any atom is -0.497 e. The van der Waals surface area contributed by atoms with Crippen molar-refractivity contribution in [3.8, 4) is 5.75 Å². The van der Waals surface area contributed by atoms with Crippen molar-refractivity contribution in [3.05, 3.63) is 23.9 Å². The van der Waals surface area contributed by atoms with Gasteiger partial charge in [0.25, 0.3) is 0 Å². The number of fused-ring (bicyclic) bond motifs is 1. The SMILES string of the molecule is COC(=O)c1[nH]c2cc(OC)ccc2c1NC(=O)CCN1CCC(C)CC1. The Morgan fingerprint density at radius 1 is 1.26 bits per heavy atom. The number of methoxy groups -OCH3 is 2. The fourth-order valence-corrected chi connectivity index (χ4v) is 3.44. The number of aromatic amines is 1. The molecule has 7 heteroatoms. The molecule has 0 bridgehead atoms. The molecule has 1 saturated heterocycles. The number of esters is 1. The van der Waals surface area contributed by atoms with Crippen LogP contribution in [0, 0.1) is 5.92 Å². The van der Waals surface area contributed by atoms with E-state index in [0.717, 1.165) is 30.9 Å². The number of H-pyrrole nitrogens is 1. The summed E-state index contributed by atoms with van der Waals surface area (Å²) < 4.78 is 10.1. The Hall–Kier alpha value is -2.54. The Morgan fingerprint density at radius 3 is 2.67 bits per heavy atom. The summed E-state index contributed by atoms with van der Waals surface area (Å²) in [4.78, 5) is 30.0. The molecule has 2 aromatic rings. The van der Waals surface area contributed by atoms with E-state index >= 15 is 0 Å². The van der Waals surface area contributed by atoms with Gasteiger partial charge in [0.05, 0.1) is 25.4 Å². The molecular weight excluding hydrogens is 346 g/mol. The van der Waals surface area contributed by atoms with Crippen LogP contribution < -0.4 is 10.1 Å². The van der Waals surface area contributed by atoms with Crippen molar-refractivity contribution in [2.24, 2.45) is 5.92 Å². The average molecular weight is 373 g/mol. The smallest absolute Gasteiger partial charge is 0.356 e. The lowest BCUT2D eigenvalue weighted by Gasteiger charge is -2.29. The predicted molar refractivity (Wildman–Crippen MR) is 104 cm³/mol. The standard InChI is InChI=1S/C20H27N3O4/c1-13-6-9-23(10-7-13)11-8-17(24)22-18-15-5-4-14(26-2)12-16(15)21-19(18)20(25)27-3/h4-5,12-13,21H,6-11H2,1-3H3,(H,22,24). The van der Waals surface area contributed by atoms with E-state index in [4.69, 9.17) is 9.47 Å². The number of aromatic nitrogens is 1. The molecule has 1 amide bonds. The summed E-state index contributed by atoms with van der Waals surface area (Å²) in [6, 6.07) is 5.40. The summed E-state index contributed by atoms with van der Waals surface area (Å²) in [5.74, 6) is 0.791. The number of carbonyl (C=O) groups is 2. The molecule has 3 rings (SSSR count). The number of hydrogen-bond acceptors (Lipinski definition) is 5. The van der Waals surface area contributed by atoms with E-state index in [-0.39, 0.29) is 11.6 Å². The molecule has 2 N–H and O–H groups in total. The zero-order chi connectivity index (χ0) is 19.4. The van der Waals surface area contributed by atoms with Crippen molar-refractivity contribution in [2.45, 2.75) is 26.2 Å². The molecule has 1 aliphatic heterocycles. The number of piperidine rings is 1. The fourth-order valence-electron chi connectivity index (χ4n) is 3.44. The zero-order valence-corrected chi connectivity index (χ0v) is 16.1. The maximum absolute atomic E-state index is 12.5. The molecule has 0 radical (unpaired) electrons. The van der Waals surface area contributed by atoms with Crippen molar-refractivity contribution in [1.82, 2.24) is 9.88 Å². The number of carbonyl (C=O) groups excluding carboxylic acids is 2. The fraction of sp³-hybridized carbons (Fsp3) is 0.500. The number of likely N-dealkylation sites (tertiary alicyclic amines) is 1. The van der Waals surface area contributed by atoms with Crippen LogP contribution in [0.4, 0.5) is 5.69 Å². The highest BCUT2D eigenvalue weighted by molar-refractivity contribution is 6.11. The molecular formula is C20H27N3O4. The number of nitrogens with zero attached hydrogens (tertiary/aromatic N) is 1. The third kappa shape index (κ3) is 4.42. The van der Waals surface area contributed by atoms with Crippen molar-refractivity contribution < 1.29 is 19.1 Å². The van der Waals surface area contributed by atoms with Gasteiger partial charge >= 0.3 is 5.97 Å². The van der Waals surface area contributed by atoms with Gasteiger partial charge in [-0.05, 0) is 44.0 Å². The third-order valence-electron chi connectivity index (χ3n) is 5.19. The molecule has 0 saturated carbocycles. The lowest BCUT2D eigenvalue weighted by atomic mass is 9.99. The monoisotopic (exact) mass is 373 g/mol. The van der Waals surface area contributed by atoms with Crippen LogP contribution in [0.25, 0.3) is 10.9 Å². The van der Waals surface area contributed by atoms with Crippen LogP contribution in [0.2, 0.25) is 0 Å². The van der Waals surface area contributed by atoms with Crippen LogP contribution in [0.3, 0.4) is 0 Å². The van der Waals surface area contributed by atoms with Gasteiger partial charge < -0.3 is 24.7 Å². The van der Waals surface area contributed by atoms with Crippen molar-refractivity contribution in [2.75, 3.05) is 39.2 Å². The van der Waals surface area contributed by atoms with Gasteiger partial charge in [0.1, 0.15) is 11.4 Å². The highest BCUT2D eigenvalue weighted by Crippen LogP contribution is 2.31. The van der Waals surface area contributed by atoms with Crippen molar-refractivity contribution >= 4 is 28.5 Å². The van der Waals surface area contributed by atoms with Crippen LogP contribution in [0.5, 0.6) is 5.75 Å². The first-order valence-corrected chi connectivity index (χ1v) is 9.32. The predicted octanol–water partition coefficient (Wildman–Crippen LogP) is 3.02. The second-order valence-electron chi connectivity index (χ2n) is 7.10. The summed E-state index contributed by atoms with van der Waals surface area (Å²) in [7, 11) is 2.90. The van der Waals surface area contributed by atoms with E-state index in [1.54, 1.807) is 19.2 Å². The quantitative estimate of drug-likeness (QED) is 0.761. The van der Waals surface area contributed by atoms with Crippen molar-refractivity contribution in [3.63, 3.8) is 0 Å². The van der Waals surface area contributed by atoms with Crippen molar-refractivity contribution in [1.29, 1.82) is 0 Å². The summed E-state index contributed by atoms with van der Waals surface area (Å²) in [6.07, 6.45) is 2.74. The number of amides is 1. The third-order valence-corrected chi connectivity index (χ3v) is 5.19. The normalized spacial score (nSPS) is 15.7. The van der Waals surface area contributed by atoms with Gasteiger partial charge in [-0.1, -0.05) is 6.92 Å². The Kier molecular flexibility index (Phi) is 6.01. The molecule has 2 heterocycles. The molecule has 7 nitrogen and oxygen atoms in total. The molecule has 1 aromatic heterocycles. The van der Waals surface area contributed by atoms with E-state index in [2.05, 4.69) is 22.1 Å². The molecule has 1 aromatic carbocycles. The number of rotatable bonds is 6. The minimum atomic E-state index is -0.523. The van der Waals surface area contributed by atoms with Crippen LogP contribution in [-0.4, -0.2) is 55.6 Å². The molecule has 146 valence electrons. The lowest BCUT2D eigenvalue weighted by Crippen LogP contribution is -2.35. The topological polar surface area (TPSA) is 83.7 Å². The van der Waals surface area contributed by atoms with E-state index in [1.165, 1.54) is 20.0 Å². The van der Waals surface area contributed by atoms with Gasteiger partial charge in [-0.3, -0.25) is 4.79 Å². The average Bonchev–Trinajstić information content (AvgIpc) is 3.04. The lowest BCUT2D eigenvalue weighted by molar-refractivity contribution is -0.116. The minimum absolute atomic E-state index is 0.115. The van der Waals surface area contributed by atoms with E-state index in [0.29, 0.717) is 23.4 Å². The summed E-state index contributed by atoms with van der Waals surface area (Å²) in [5.41, 5.74) is 1.40. The van der Waals surface area contributed by atoms with Gasteiger partial charge in [0, 0.05) is 24.4 Å². The van der Waals surface area contributed by atoms with E-state index < -0.39 is 5.97 Å². The number of hydrogen-bond donors (Lipinski definition) is 2. The highest BCUT2D eigenvalue weighted by atomic mass is 16.5. The number of nitrogens with one attached hydrogen (secondary N) is 2. The van der Waals surface area contributed by atoms with Gasteiger partial charge in [0.15, 0.2) is 0 Å². The van der Waals surface area contributed by atoms with Gasteiger partial charge in [-0.15, -0.1) is 0 Å². The molecule has 0 unspecified atom stereocenters. The zero-order valence-electron chi connectivity index (χ0n) is 16.1. The highest BCUT2D eigenvalue weighted by Gasteiger charge is 2.21. The number of anilines is 1. The Bertz CT molecular complexity index is 822. The van der Waals surface area contributed by atoms with Crippen LogP contribution in [0.15, 0.2) is 18.2 Å². The maximum atomic E-state index is 12.5. The molecule has 1 fully saturated rings. The Balaban J connectivity index is 1.74. The number of benzene rings is 1. The van der Waals surface area contributed by atoms with Gasteiger partial charge in [-0.25, -0.2) is 4.79 Å². The maximum Gasteiger partial charge on any atom is 0.356 e. The van der Waals surface area contributed by atoms with E-state index in [1.807, 2.05) is 6.07 Å². The molecule has 27 heavy (non-hydrogen) atoms. The Morgan fingerprint density at radius 2 is 2.00 bits per heavy atom. The molecule has 1 aliphatic rings. The molecule has 0 spiro atoms. The van der Waals surface area contributed by atoms with Gasteiger partial charge in [0.2, 0.25) is 5.91 Å². The van der Waals surface area contributed by atoms with Crippen LogP contribution >= 0.6 is 0 Å².